The van der Waals surface area contributed by atoms with Crippen molar-refractivity contribution in [3.8, 4) is 0 Å². The quantitative estimate of drug-likeness (QED) is 0.124. The van der Waals surface area contributed by atoms with Crippen molar-refractivity contribution in [1.82, 2.24) is 0 Å². The predicted octanol–water partition coefficient (Wildman–Crippen LogP) is 10.9. The lowest BCUT2D eigenvalue weighted by atomic mass is 9.61. The molecular formula is C36H62O3. The Morgan fingerprint density at radius 2 is 1.28 bits per heavy atom. The van der Waals surface area contributed by atoms with Gasteiger partial charge in [0.05, 0.1) is 6.61 Å². The summed E-state index contributed by atoms with van der Waals surface area (Å²) in [4.78, 5) is 25.8. The molecule has 3 fully saturated rings. The van der Waals surface area contributed by atoms with E-state index in [2.05, 4.69) is 12.9 Å². The Bertz CT molecular complexity index is 724. The van der Waals surface area contributed by atoms with Crippen molar-refractivity contribution in [2.75, 3.05) is 6.61 Å². The van der Waals surface area contributed by atoms with Crippen molar-refractivity contribution in [2.45, 2.75) is 187 Å². The van der Waals surface area contributed by atoms with Gasteiger partial charge in [0.2, 0.25) is 0 Å². The standard InChI is InChI=1S/C36H62O3/c1-2-3-4-5-6-7-11-14-17-22-27-39-33(30-37)28-32-23-18-21-26-36(32)31-35(29-34(36)38)24-19-15-12-9-8-10-13-16-20-25-35/h32H,2-29,31H2,1H3. The zero-order valence-corrected chi connectivity index (χ0v) is 25.8. The van der Waals surface area contributed by atoms with E-state index in [0.29, 0.717) is 24.6 Å². The van der Waals surface area contributed by atoms with Crippen molar-refractivity contribution >= 4 is 11.7 Å². The number of Topliss-reactive ketones (excluding diaryl/α,β-unsaturated/α-hetero) is 1. The van der Waals surface area contributed by atoms with Crippen LogP contribution in [0, 0.1) is 16.7 Å². The molecule has 3 saturated carbocycles. The number of carbonyl (C=O) groups is 1. The van der Waals surface area contributed by atoms with E-state index in [-0.39, 0.29) is 16.7 Å². The van der Waals surface area contributed by atoms with Gasteiger partial charge in [0.25, 0.3) is 0 Å². The minimum Gasteiger partial charge on any atom is -0.487 e. The normalized spacial score (nSPS) is 26.2. The highest BCUT2D eigenvalue weighted by molar-refractivity contribution is 5.88. The number of hydrogen-bond acceptors (Lipinski definition) is 3. The summed E-state index contributed by atoms with van der Waals surface area (Å²) in [7, 11) is 0. The molecule has 2 spiro atoms. The zero-order chi connectivity index (χ0) is 27.7. The highest BCUT2D eigenvalue weighted by Crippen LogP contribution is 2.61. The van der Waals surface area contributed by atoms with Crippen LogP contribution in [0.1, 0.15) is 187 Å². The summed E-state index contributed by atoms with van der Waals surface area (Å²) in [6, 6.07) is 0. The summed E-state index contributed by atoms with van der Waals surface area (Å²) in [5.41, 5.74) is 0.00565. The van der Waals surface area contributed by atoms with E-state index in [4.69, 9.17) is 4.74 Å². The van der Waals surface area contributed by atoms with E-state index in [1.54, 1.807) is 0 Å². The van der Waals surface area contributed by atoms with Crippen molar-refractivity contribution in [1.29, 1.82) is 0 Å². The first-order valence-corrected chi connectivity index (χ1v) is 17.5. The van der Waals surface area contributed by atoms with Gasteiger partial charge in [0.15, 0.2) is 11.7 Å². The molecule has 0 amide bonds. The monoisotopic (exact) mass is 542 g/mol. The first-order valence-electron chi connectivity index (χ1n) is 17.5. The molecule has 3 nitrogen and oxygen atoms in total. The summed E-state index contributed by atoms with van der Waals surface area (Å²) in [5.74, 6) is 3.44. The highest BCUT2D eigenvalue weighted by Gasteiger charge is 2.57. The van der Waals surface area contributed by atoms with Gasteiger partial charge in [0, 0.05) is 18.3 Å². The third-order valence-electron chi connectivity index (χ3n) is 10.7. The second-order valence-electron chi connectivity index (χ2n) is 13.8. The molecule has 0 bridgehead atoms. The average molecular weight is 543 g/mol. The minimum absolute atomic E-state index is 0.210. The topological polar surface area (TPSA) is 43.4 Å². The Labute approximate surface area is 241 Å². The molecule has 3 aliphatic rings. The van der Waals surface area contributed by atoms with E-state index in [0.717, 1.165) is 38.5 Å². The summed E-state index contributed by atoms with van der Waals surface area (Å²) >= 11 is 0. The molecule has 224 valence electrons. The fourth-order valence-electron chi connectivity index (χ4n) is 8.41. The van der Waals surface area contributed by atoms with E-state index < -0.39 is 0 Å². The molecular weight excluding hydrogens is 480 g/mol. The van der Waals surface area contributed by atoms with Crippen LogP contribution in [0.5, 0.6) is 0 Å². The Hall–Kier alpha value is -1.08. The number of ketones is 1. The Morgan fingerprint density at radius 3 is 1.87 bits per heavy atom. The van der Waals surface area contributed by atoms with Crippen molar-refractivity contribution < 1.29 is 14.3 Å². The van der Waals surface area contributed by atoms with Gasteiger partial charge in [-0.1, -0.05) is 135 Å². The van der Waals surface area contributed by atoms with Crippen LogP contribution in [0.25, 0.3) is 0 Å². The molecule has 0 radical (unpaired) electrons. The Kier molecular flexibility index (Phi) is 15.3. The van der Waals surface area contributed by atoms with Crippen LogP contribution in [0.4, 0.5) is 0 Å². The largest absolute Gasteiger partial charge is 0.487 e. The van der Waals surface area contributed by atoms with Crippen LogP contribution < -0.4 is 0 Å². The first-order chi connectivity index (χ1) is 19.1. The zero-order valence-electron chi connectivity index (χ0n) is 25.8. The minimum atomic E-state index is -0.210. The van der Waals surface area contributed by atoms with E-state index in [1.165, 1.54) is 135 Å². The molecule has 0 aliphatic heterocycles. The molecule has 3 heteroatoms. The van der Waals surface area contributed by atoms with Crippen LogP contribution in [0.15, 0.2) is 5.76 Å². The molecule has 3 rings (SSSR count). The second-order valence-corrected chi connectivity index (χ2v) is 13.8. The molecule has 39 heavy (non-hydrogen) atoms. The highest BCUT2D eigenvalue weighted by atomic mass is 16.5. The number of ether oxygens (including phenoxy) is 1. The number of hydrogen-bond donors (Lipinski definition) is 0. The molecule has 0 aromatic carbocycles. The third-order valence-corrected chi connectivity index (χ3v) is 10.7. The molecule has 0 aromatic rings. The van der Waals surface area contributed by atoms with Gasteiger partial charge in [-0.3, -0.25) is 4.79 Å². The van der Waals surface area contributed by atoms with Gasteiger partial charge < -0.3 is 4.74 Å². The van der Waals surface area contributed by atoms with Crippen LogP contribution in [-0.4, -0.2) is 18.3 Å². The van der Waals surface area contributed by atoms with Crippen molar-refractivity contribution in [3.05, 3.63) is 5.76 Å². The Morgan fingerprint density at radius 1 is 0.744 bits per heavy atom. The molecule has 0 N–H and O–H groups in total. The molecule has 0 heterocycles. The maximum Gasteiger partial charge on any atom is 0.179 e. The van der Waals surface area contributed by atoms with Crippen molar-refractivity contribution in [3.63, 3.8) is 0 Å². The van der Waals surface area contributed by atoms with Gasteiger partial charge in [-0.25, -0.2) is 4.79 Å². The average Bonchev–Trinajstić information content (AvgIpc) is 3.21. The van der Waals surface area contributed by atoms with Crippen LogP contribution >= 0.6 is 0 Å². The smallest absolute Gasteiger partial charge is 0.179 e. The van der Waals surface area contributed by atoms with Crippen LogP contribution in [0.2, 0.25) is 0 Å². The molecule has 2 atom stereocenters. The van der Waals surface area contributed by atoms with E-state index >= 15 is 0 Å². The van der Waals surface area contributed by atoms with E-state index in [9.17, 15) is 9.59 Å². The third kappa shape index (κ3) is 10.7. The maximum atomic E-state index is 13.9. The van der Waals surface area contributed by atoms with Crippen LogP contribution in [-0.2, 0) is 14.3 Å². The molecule has 0 saturated heterocycles. The maximum absolute atomic E-state index is 13.9. The fourth-order valence-corrected chi connectivity index (χ4v) is 8.41. The predicted molar refractivity (Wildman–Crippen MR) is 163 cm³/mol. The number of rotatable bonds is 14. The summed E-state index contributed by atoms with van der Waals surface area (Å²) in [6.07, 6.45) is 34.5. The van der Waals surface area contributed by atoms with Gasteiger partial charge in [-0.2, -0.15) is 0 Å². The number of unbranched alkanes of at least 4 members (excludes halogenated alkanes) is 9. The van der Waals surface area contributed by atoms with Gasteiger partial charge in [-0.15, -0.1) is 0 Å². The number of carbonyl (C=O) groups excluding carboxylic acids is 2. The van der Waals surface area contributed by atoms with Gasteiger partial charge >= 0.3 is 0 Å². The Balaban J connectivity index is 1.47. The lowest BCUT2D eigenvalue weighted by Crippen LogP contribution is -2.38. The molecule has 0 aromatic heterocycles. The SMILES string of the molecule is CCCCCCCCCCCCOC(=C=O)CC1CCCCC12CC1(CCCCCCCCCCC1)CC2=O. The lowest BCUT2D eigenvalue weighted by Gasteiger charge is -2.42. The van der Waals surface area contributed by atoms with Crippen molar-refractivity contribution in [2.24, 2.45) is 16.7 Å². The summed E-state index contributed by atoms with van der Waals surface area (Å²) < 4.78 is 6.02. The molecule has 2 unspecified atom stereocenters. The fraction of sp³-hybridized carbons (Fsp3) is 0.917. The summed E-state index contributed by atoms with van der Waals surface area (Å²) in [5, 5.41) is 0. The van der Waals surface area contributed by atoms with Gasteiger partial charge in [0.1, 0.15) is 5.78 Å². The first kappa shape index (κ1) is 32.4. The van der Waals surface area contributed by atoms with Crippen LogP contribution in [0.3, 0.4) is 0 Å². The van der Waals surface area contributed by atoms with Gasteiger partial charge in [-0.05, 0) is 49.9 Å². The van der Waals surface area contributed by atoms with E-state index in [1.807, 2.05) is 0 Å². The molecule has 3 aliphatic carbocycles. The number of allylic oxidation sites excluding steroid dienone is 1. The summed E-state index contributed by atoms with van der Waals surface area (Å²) in [6.45, 7) is 2.89. The lowest BCUT2D eigenvalue weighted by molar-refractivity contribution is -0.130. The second kappa shape index (κ2) is 18.4.